The Morgan fingerprint density at radius 2 is 2.26 bits per heavy atom. The van der Waals surface area contributed by atoms with Gasteiger partial charge in [-0.3, -0.25) is 4.79 Å². The maximum atomic E-state index is 12.3. The molecule has 3 rings (SSSR count). The third-order valence-corrected chi connectivity index (χ3v) is 4.41. The smallest absolute Gasteiger partial charge is 0.168 e. The number of hydrogen-bond acceptors (Lipinski definition) is 4. The van der Waals surface area contributed by atoms with Gasteiger partial charge in [-0.15, -0.1) is 11.3 Å². The summed E-state index contributed by atoms with van der Waals surface area (Å²) in [7, 11) is 0. The average molecular weight is 275 g/mol. The molecule has 0 N–H and O–H groups in total. The van der Waals surface area contributed by atoms with Crippen molar-refractivity contribution in [3.63, 3.8) is 0 Å². The molecule has 0 amide bonds. The van der Waals surface area contributed by atoms with Crippen LogP contribution in [0.25, 0.3) is 10.2 Å². The number of thiazole rings is 1. The number of para-hydroxylation sites is 1. The van der Waals surface area contributed by atoms with Crippen molar-refractivity contribution in [3.8, 4) is 0 Å². The van der Waals surface area contributed by atoms with Crippen molar-refractivity contribution in [3.05, 3.63) is 29.3 Å². The molecule has 0 spiro atoms. The lowest BCUT2D eigenvalue weighted by atomic mass is 10.1. The molecule has 100 valence electrons. The zero-order valence-corrected chi connectivity index (χ0v) is 11.8. The van der Waals surface area contributed by atoms with E-state index < -0.39 is 0 Å². The Hall–Kier alpha value is -1.26. The molecule has 0 radical (unpaired) electrons. The Balaban J connectivity index is 1.74. The number of ether oxygens (including phenoxy) is 1. The predicted octanol–water partition coefficient (Wildman–Crippen LogP) is 3.22. The summed E-state index contributed by atoms with van der Waals surface area (Å²) in [6, 6.07) is 8.00. The molecular weight excluding hydrogens is 258 g/mol. The average Bonchev–Trinajstić information content (AvgIpc) is 3.15. The molecule has 0 saturated heterocycles. The van der Waals surface area contributed by atoms with Crippen LogP contribution in [0.15, 0.2) is 24.3 Å². The number of ketones is 1. The fourth-order valence-electron chi connectivity index (χ4n) is 2.32. The summed E-state index contributed by atoms with van der Waals surface area (Å²) >= 11 is 1.61. The largest absolute Gasteiger partial charge is 0.370 e. The first-order chi connectivity index (χ1) is 9.28. The van der Waals surface area contributed by atoms with E-state index in [1.54, 1.807) is 11.3 Å². The minimum atomic E-state index is -0.211. The van der Waals surface area contributed by atoms with Gasteiger partial charge in [0.2, 0.25) is 0 Å². The predicted molar refractivity (Wildman–Crippen MR) is 76.5 cm³/mol. The van der Waals surface area contributed by atoms with Crippen molar-refractivity contribution in [1.82, 2.24) is 4.98 Å². The molecule has 2 aromatic rings. The van der Waals surface area contributed by atoms with E-state index in [0.29, 0.717) is 18.9 Å². The topological polar surface area (TPSA) is 39.2 Å². The van der Waals surface area contributed by atoms with Crippen LogP contribution in [0, 0.1) is 5.92 Å². The molecule has 19 heavy (non-hydrogen) atoms. The molecule has 1 aliphatic carbocycles. The summed E-state index contributed by atoms with van der Waals surface area (Å²) in [5.74, 6) is 0.630. The molecule has 0 aliphatic heterocycles. The van der Waals surface area contributed by atoms with E-state index in [2.05, 4.69) is 4.98 Å². The summed E-state index contributed by atoms with van der Waals surface area (Å²) in [5, 5.41) is 0.900. The SMILES string of the molecule is CCOC(C(=O)Cc1nc2ccccc2s1)C1CC1. The fourth-order valence-corrected chi connectivity index (χ4v) is 3.29. The minimum absolute atomic E-state index is 0.184. The lowest BCUT2D eigenvalue weighted by Crippen LogP contribution is -2.28. The Kier molecular flexibility index (Phi) is 3.62. The Morgan fingerprint density at radius 3 is 2.95 bits per heavy atom. The van der Waals surface area contributed by atoms with Gasteiger partial charge in [-0.25, -0.2) is 4.98 Å². The molecule has 1 fully saturated rings. The summed E-state index contributed by atoms with van der Waals surface area (Å²) in [6.07, 6.45) is 2.43. The fraction of sp³-hybridized carbons (Fsp3) is 0.467. The van der Waals surface area contributed by atoms with Crippen molar-refractivity contribution >= 4 is 27.3 Å². The minimum Gasteiger partial charge on any atom is -0.370 e. The van der Waals surface area contributed by atoms with Crippen molar-refractivity contribution in [1.29, 1.82) is 0 Å². The third-order valence-electron chi connectivity index (χ3n) is 3.38. The highest BCUT2D eigenvalue weighted by atomic mass is 32.1. The van der Waals surface area contributed by atoms with Crippen molar-refractivity contribution in [2.45, 2.75) is 32.3 Å². The van der Waals surface area contributed by atoms with Crippen LogP contribution >= 0.6 is 11.3 Å². The second kappa shape index (κ2) is 5.39. The first-order valence-corrected chi connectivity index (χ1v) is 7.58. The second-order valence-electron chi connectivity index (χ2n) is 4.93. The molecule has 1 aliphatic rings. The van der Waals surface area contributed by atoms with E-state index >= 15 is 0 Å². The monoisotopic (exact) mass is 275 g/mol. The van der Waals surface area contributed by atoms with Crippen LogP contribution in [0.3, 0.4) is 0 Å². The quantitative estimate of drug-likeness (QED) is 0.812. The van der Waals surface area contributed by atoms with Crippen LogP contribution in [-0.4, -0.2) is 23.5 Å². The van der Waals surface area contributed by atoms with Gasteiger partial charge in [0.25, 0.3) is 0 Å². The molecule has 1 saturated carbocycles. The van der Waals surface area contributed by atoms with Gasteiger partial charge in [-0.1, -0.05) is 12.1 Å². The van der Waals surface area contributed by atoms with Crippen LogP contribution in [0.2, 0.25) is 0 Å². The van der Waals surface area contributed by atoms with E-state index in [4.69, 9.17) is 4.74 Å². The highest BCUT2D eigenvalue weighted by molar-refractivity contribution is 7.18. The third kappa shape index (κ3) is 2.85. The molecule has 1 aromatic carbocycles. The van der Waals surface area contributed by atoms with Crippen molar-refractivity contribution in [2.75, 3.05) is 6.61 Å². The van der Waals surface area contributed by atoms with Crippen LogP contribution in [-0.2, 0) is 16.0 Å². The maximum Gasteiger partial charge on any atom is 0.168 e. The number of nitrogens with zero attached hydrogens (tertiary/aromatic N) is 1. The van der Waals surface area contributed by atoms with E-state index in [9.17, 15) is 4.79 Å². The lowest BCUT2D eigenvalue weighted by molar-refractivity contribution is -0.130. The van der Waals surface area contributed by atoms with Crippen LogP contribution < -0.4 is 0 Å². The van der Waals surface area contributed by atoms with Gasteiger partial charge >= 0.3 is 0 Å². The standard InChI is InChI=1S/C15H17NO2S/c1-2-18-15(10-7-8-10)12(17)9-14-16-11-5-3-4-6-13(11)19-14/h3-6,10,15H,2,7-9H2,1H3. The van der Waals surface area contributed by atoms with Crippen LogP contribution in [0.1, 0.15) is 24.8 Å². The van der Waals surface area contributed by atoms with E-state index in [1.807, 2.05) is 31.2 Å². The van der Waals surface area contributed by atoms with E-state index in [0.717, 1.165) is 28.1 Å². The maximum absolute atomic E-state index is 12.3. The Morgan fingerprint density at radius 1 is 1.47 bits per heavy atom. The van der Waals surface area contributed by atoms with Crippen LogP contribution in [0.5, 0.6) is 0 Å². The normalized spacial score (nSPS) is 16.7. The van der Waals surface area contributed by atoms with Gasteiger partial charge in [0.1, 0.15) is 11.1 Å². The summed E-state index contributed by atoms with van der Waals surface area (Å²) in [6.45, 7) is 2.55. The molecule has 0 bridgehead atoms. The number of hydrogen-bond donors (Lipinski definition) is 0. The molecule has 1 unspecified atom stereocenters. The molecule has 4 heteroatoms. The van der Waals surface area contributed by atoms with E-state index in [1.165, 1.54) is 0 Å². The molecule has 1 aromatic heterocycles. The van der Waals surface area contributed by atoms with Gasteiger partial charge in [0, 0.05) is 6.61 Å². The number of fused-ring (bicyclic) bond motifs is 1. The molecule has 1 heterocycles. The number of carbonyl (C=O) groups excluding carboxylic acids is 1. The molecule has 3 nitrogen and oxygen atoms in total. The zero-order valence-electron chi connectivity index (χ0n) is 11.0. The summed E-state index contributed by atoms with van der Waals surface area (Å²) < 4.78 is 6.74. The van der Waals surface area contributed by atoms with Gasteiger partial charge in [-0.2, -0.15) is 0 Å². The Bertz CT molecular complexity index is 556. The summed E-state index contributed by atoms with van der Waals surface area (Å²) in [5.41, 5.74) is 0.981. The number of aromatic nitrogens is 1. The van der Waals surface area contributed by atoms with Gasteiger partial charge in [0.15, 0.2) is 5.78 Å². The van der Waals surface area contributed by atoms with Gasteiger partial charge < -0.3 is 4.74 Å². The summed E-state index contributed by atoms with van der Waals surface area (Å²) in [4.78, 5) is 16.8. The first-order valence-electron chi connectivity index (χ1n) is 6.76. The molecule has 1 atom stereocenters. The van der Waals surface area contributed by atoms with Crippen molar-refractivity contribution < 1.29 is 9.53 Å². The Labute approximate surface area is 116 Å². The number of rotatable bonds is 6. The zero-order chi connectivity index (χ0) is 13.2. The number of benzene rings is 1. The highest BCUT2D eigenvalue weighted by Crippen LogP contribution is 2.35. The van der Waals surface area contributed by atoms with Crippen LogP contribution in [0.4, 0.5) is 0 Å². The lowest BCUT2D eigenvalue weighted by Gasteiger charge is -2.13. The number of carbonyl (C=O) groups is 1. The first kappa shape index (κ1) is 12.8. The highest BCUT2D eigenvalue weighted by Gasteiger charge is 2.36. The second-order valence-corrected chi connectivity index (χ2v) is 6.05. The molecular formula is C15H17NO2S. The van der Waals surface area contributed by atoms with Gasteiger partial charge in [0.05, 0.1) is 16.6 Å². The van der Waals surface area contributed by atoms with E-state index in [-0.39, 0.29) is 11.9 Å². The van der Waals surface area contributed by atoms with Gasteiger partial charge in [-0.05, 0) is 37.8 Å². The number of Topliss-reactive ketones (excluding diaryl/α,β-unsaturated/α-hetero) is 1. The van der Waals surface area contributed by atoms with Crippen molar-refractivity contribution in [2.24, 2.45) is 5.92 Å².